The van der Waals surface area contributed by atoms with Crippen molar-refractivity contribution in [2.45, 2.75) is 45.8 Å². The molecule has 0 saturated heterocycles. The van der Waals surface area contributed by atoms with Gasteiger partial charge < -0.3 is 19.1 Å². The van der Waals surface area contributed by atoms with Gasteiger partial charge in [0.15, 0.2) is 17.6 Å². The van der Waals surface area contributed by atoms with Crippen LogP contribution in [0.3, 0.4) is 0 Å². The van der Waals surface area contributed by atoms with E-state index in [2.05, 4.69) is 20.8 Å². The third-order valence-electron chi connectivity index (χ3n) is 4.62. The highest BCUT2D eigenvalue weighted by Crippen LogP contribution is 2.28. The van der Waals surface area contributed by atoms with Gasteiger partial charge in [0.2, 0.25) is 0 Å². The van der Waals surface area contributed by atoms with E-state index in [1.165, 1.54) is 5.56 Å². The van der Waals surface area contributed by atoms with Crippen LogP contribution in [0, 0.1) is 0 Å². The fourth-order valence-corrected chi connectivity index (χ4v) is 2.93. The van der Waals surface area contributed by atoms with Crippen LogP contribution in [0.4, 0.5) is 0 Å². The molecule has 28 heavy (non-hydrogen) atoms. The number of nitrogens with zero attached hydrogens (tertiary/aromatic N) is 1. The number of hydrogen-bond donors (Lipinski definition) is 0. The Morgan fingerprint density at radius 1 is 1.00 bits per heavy atom. The Labute approximate surface area is 168 Å². The molecule has 0 aliphatic heterocycles. The zero-order valence-electron chi connectivity index (χ0n) is 17.9. The van der Waals surface area contributed by atoms with Crippen LogP contribution in [0.2, 0.25) is 0 Å². The smallest absolute Gasteiger partial charge is 0.263 e. The van der Waals surface area contributed by atoms with Crippen molar-refractivity contribution in [2.75, 3.05) is 21.3 Å². The molecule has 1 amide bonds. The van der Waals surface area contributed by atoms with Gasteiger partial charge in [-0.25, -0.2) is 0 Å². The number of ether oxygens (including phenoxy) is 3. The Balaban J connectivity index is 2.00. The normalized spacial score (nSPS) is 12.2. The van der Waals surface area contributed by atoms with E-state index in [1.54, 1.807) is 33.1 Å². The van der Waals surface area contributed by atoms with Gasteiger partial charge in [0.05, 0.1) is 14.2 Å². The second-order valence-electron chi connectivity index (χ2n) is 7.92. The predicted octanol–water partition coefficient (Wildman–Crippen LogP) is 4.43. The molecule has 0 aliphatic carbocycles. The van der Waals surface area contributed by atoms with Crippen molar-refractivity contribution in [1.29, 1.82) is 0 Å². The summed E-state index contributed by atoms with van der Waals surface area (Å²) < 4.78 is 16.4. The van der Waals surface area contributed by atoms with Crippen molar-refractivity contribution >= 4 is 5.91 Å². The molecule has 2 aromatic rings. The Bertz CT molecular complexity index is 793. The molecule has 0 N–H and O–H groups in total. The summed E-state index contributed by atoms with van der Waals surface area (Å²) in [6, 6.07) is 13.5. The lowest BCUT2D eigenvalue weighted by Gasteiger charge is -2.23. The summed E-state index contributed by atoms with van der Waals surface area (Å²) in [7, 11) is 4.96. The van der Waals surface area contributed by atoms with E-state index in [0.717, 1.165) is 5.56 Å². The van der Waals surface area contributed by atoms with Gasteiger partial charge in [0.25, 0.3) is 5.91 Å². The van der Waals surface area contributed by atoms with Gasteiger partial charge in [-0.3, -0.25) is 4.79 Å². The molecule has 152 valence electrons. The summed E-state index contributed by atoms with van der Waals surface area (Å²) in [5.41, 5.74) is 2.26. The van der Waals surface area contributed by atoms with Crippen molar-refractivity contribution in [2.24, 2.45) is 0 Å². The lowest BCUT2D eigenvalue weighted by atomic mass is 9.87. The lowest BCUT2D eigenvalue weighted by Crippen LogP contribution is -2.37. The first-order chi connectivity index (χ1) is 13.2. The molecular weight excluding hydrogens is 354 g/mol. The van der Waals surface area contributed by atoms with Crippen molar-refractivity contribution in [3.8, 4) is 17.2 Å². The molecule has 0 radical (unpaired) electrons. The first-order valence-electron chi connectivity index (χ1n) is 9.38. The Morgan fingerprint density at radius 3 is 2.14 bits per heavy atom. The second kappa shape index (κ2) is 9.00. The summed E-state index contributed by atoms with van der Waals surface area (Å²) in [5, 5.41) is 0. The van der Waals surface area contributed by atoms with Crippen LogP contribution < -0.4 is 14.2 Å². The molecule has 0 spiro atoms. The van der Waals surface area contributed by atoms with E-state index in [4.69, 9.17) is 14.2 Å². The summed E-state index contributed by atoms with van der Waals surface area (Å²) >= 11 is 0. The molecule has 0 saturated carbocycles. The minimum atomic E-state index is -0.578. The van der Waals surface area contributed by atoms with Gasteiger partial charge >= 0.3 is 0 Å². The van der Waals surface area contributed by atoms with Crippen LogP contribution >= 0.6 is 0 Å². The van der Waals surface area contributed by atoms with Crippen LogP contribution in [0.5, 0.6) is 17.2 Å². The maximum absolute atomic E-state index is 12.7. The second-order valence-corrected chi connectivity index (χ2v) is 7.92. The van der Waals surface area contributed by atoms with Crippen LogP contribution in [-0.4, -0.2) is 38.2 Å². The first-order valence-corrected chi connectivity index (χ1v) is 9.38. The number of carbonyl (C=O) groups excluding carboxylic acids is 1. The molecule has 5 heteroatoms. The largest absolute Gasteiger partial charge is 0.493 e. The van der Waals surface area contributed by atoms with Gasteiger partial charge in [0, 0.05) is 13.6 Å². The van der Waals surface area contributed by atoms with Crippen molar-refractivity contribution in [3.05, 3.63) is 53.6 Å². The van der Waals surface area contributed by atoms with Crippen LogP contribution in [0.1, 0.15) is 38.8 Å². The van der Waals surface area contributed by atoms with E-state index in [-0.39, 0.29) is 11.3 Å². The summed E-state index contributed by atoms with van der Waals surface area (Å²) in [4.78, 5) is 14.3. The van der Waals surface area contributed by atoms with Gasteiger partial charge in [-0.2, -0.15) is 0 Å². The van der Waals surface area contributed by atoms with Gasteiger partial charge in [-0.1, -0.05) is 39.0 Å². The van der Waals surface area contributed by atoms with E-state index in [0.29, 0.717) is 23.8 Å². The molecule has 0 aromatic heterocycles. The summed E-state index contributed by atoms with van der Waals surface area (Å²) in [6.45, 7) is 8.72. The molecule has 0 aliphatic rings. The maximum Gasteiger partial charge on any atom is 0.263 e. The van der Waals surface area contributed by atoms with E-state index in [9.17, 15) is 4.79 Å². The SMILES string of the molecule is COc1ccc(CN(C)C(=O)[C@H](C)Oc2ccc(C(C)(C)C)cc2)cc1OC. The number of likely N-dealkylation sites (N-methyl/N-ethyl adjacent to an activating group) is 1. The summed E-state index contributed by atoms with van der Waals surface area (Å²) in [6.07, 6.45) is -0.578. The minimum Gasteiger partial charge on any atom is -0.493 e. The zero-order chi connectivity index (χ0) is 20.9. The Kier molecular flexibility index (Phi) is 6.95. The Morgan fingerprint density at radius 2 is 1.61 bits per heavy atom. The number of hydrogen-bond acceptors (Lipinski definition) is 4. The third kappa shape index (κ3) is 5.41. The standard InChI is InChI=1S/C23H31NO4/c1-16(28-19-11-9-18(10-12-19)23(2,3)4)22(25)24(5)15-17-8-13-20(26-6)21(14-17)27-7/h8-14,16H,15H2,1-7H3/t16-/m0/s1. The molecule has 2 rings (SSSR count). The average molecular weight is 386 g/mol. The highest BCUT2D eigenvalue weighted by molar-refractivity contribution is 5.80. The van der Waals surface area contributed by atoms with E-state index >= 15 is 0 Å². The molecule has 0 heterocycles. The van der Waals surface area contributed by atoms with Gasteiger partial charge in [-0.05, 0) is 47.7 Å². The maximum atomic E-state index is 12.7. The number of benzene rings is 2. The number of carbonyl (C=O) groups is 1. The Hall–Kier alpha value is -2.69. The minimum absolute atomic E-state index is 0.0829. The molecule has 0 unspecified atom stereocenters. The van der Waals surface area contributed by atoms with Crippen LogP contribution in [0.15, 0.2) is 42.5 Å². The highest BCUT2D eigenvalue weighted by atomic mass is 16.5. The number of amides is 1. The predicted molar refractivity (Wildman–Crippen MR) is 111 cm³/mol. The molecule has 0 fully saturated rings. The molecule has 2 aromatic carbocycles. The quantitative estimate of drug-likeness (QED) is 0.708. The molecule has 5 nitrogen and oxygen atoms in total. The zero-order valence-corrected chi connectivity index (χ0v) is 17.9. The summed E-state index contributed by atoms with van der Waals surface area (Å²) in [5.74, 6) is 1.91. The molecule has 1 atom stereocenters. The lowest BCUT2D eigenvalue weighted by molar-refractivity contribution is -0.137. The fraction of sp³-hybridized carbons (Fsp3) is 0.435. The average Bonchev–Trinajstić information content (AvgIpc) is 2.66. The van der Waals surface area contributed by atoms with Crippen molar-refractivity contribution < 1.29 is 19.0 Å². The van der Waals surface area contributed by atoms with Crippen molar-refractivity contribution in [3.63, 3.8) is 0 Å². The number of rotatable bonds is 7. The van der Waals surface area contributed by atoms with Gasteiger partial charge in [-0.15, -0.1) is 0 Å². The molecule has 0 bridgehead atoms. The third-order valence-corrected chi connectivity index (χ3v) is 4.62. The highest BCUT2D eigenvalue weighted by Gasteiger charge is 2.20. The number of methoxy groups -OCH3 is 2. The topological polar surface area (TPSA) is 48.0 Å². The van der Waals surface area contributed by atoms with Gasteiger partial charge in [0.1, 0.15) is 5.75 Å². The first kappa shape index (κ1) is 21.6. The fourth-order valence-electron chi connectivity index (χ4n) is 2.93. The monoisotopic (exact) mass is 385 g/mol. The van der Waals surface area contributed by atoms with Crippen molar-refractivity contribution in [1.82, 2.24) is 4.90 Å². The van der Waals surface area contributed by atoms with E-state index in [1.807, 2.05) is 42.5 Å². The van der Waals surface area contributed by atoms with E-state index < -0.39 is 6.10 Å². The molecular formula is C23H31NO4. The van der Waals surface area contributed by atoms with Crippen LogP contribution in [-0.2, 0) is 16.8 Å². The van der Waals surface area contributed by atoms with Crippen LogP contribution in [0.25, 0.3) is 0 Å².